The molecule has 0 heterocycles. The van der Waals surface area contributed by atoms with Gasteiger partial charge in [-0.25, -0.2) is 10.2 Å². The highest BCUT2D eigenvalue weighted by Crippen LogP contribution is 2.21. The number of benzene rings is 2. The number of amides is 2. The standard InChI is InChI=1S/C14H13ClN4O/c15-11-5-7-12(8-6-11)18-13-4-2-1-3-10(13)9-17-19-14(16)20/h1-9,18H,(H3,16,19,20). The molecule has 0 aromatic heterocycles. The summed E-state index contributed by atoms with van der Waals surface area (Å²) in [5.41, 5.74) is 9.66. The van der Waals surface area contributed by atoms with Crippen LogP contribution in [0.2, 0.25) is 5.02 Å². The fourth-order valence-corrected chi connectivity index (χ4v) is 1.70. The molecule has 2 amide bonds. The van der Waals surface area contributed by atoms with E-state index in [2.05, 4.69) is 15.8 Å². The van der Waals surface area contributed by atoms with Crippen molar-refractivity contribution in [3.05, 3.63) is 59.1 Å². The number of nitrogens with zero attached hydrogens (tertiary/aromatic N) is 1. The van der Waals surface area contributed by atoms with Crippen molar-refractivity contribution < 1.29 is 4.79 Å². The molecule has 4 N–H and O–H groups in total. The Morgan fingerprint density at radius 3 is 2.55 bits per heavy atom. The highest BCUT2D eigenvalue weighted by Gasteiger charge is 2.00. The van der Waals surface area contributed by atoms with Crippen molar-refractivity contribution in [2.75, 3.05) is 5.32 Å². The molecule has 0 aliphatic carbocycles. The molecule has 20 heavy (non-hydrogen) atoms. The minimum Gasteiger partial charge on any atom is -0.355 e. The van der Waals surface area contributed by atoms with Gasteiger partial charge in [0.2, 0.25) is 0 Å². The number of primary amides is 1. The first-order valence-electron chi connectivity index (χ1n) is 5.85. The van der Waals surface area contributed by atoms with Gasteiger partial charge >= 0.3 is 6.03 Å². The van der Waals surface area contributed by atoms with Crippen molar-refractivity contribution in [1.29, 1.82) is 0 Å². The van der Waals surface area contributed by atoms with Gasteiger partial charge in [-0.3, -0.25) is 0 Å². The van der Waals surface area contributed by atoms with Gasteiger partial charge in [-0.05, 0) is 30.3 Å². The number of nitrogens with two attached hydrogens (primary N) is 1. The van der Waals surface area contributed by atoms with Gasteiger partial charge in [0.15, 0.2) is 0 Å². The van der Waals surface area contributed by atoms with E-state index in [0.717, 1.165) is 16.9 Å². The van der Waals surface area contributed by atoms with Crippen LogP contribution in [0.25, 0.3) is 0 Å². The molecule has 2 aromatic carbocycles. The largest absolute Gasteiger partial charge is 0.355 e. The molecule has 0 aliphatic rings. The predicted octanol–water partition coefficient (Wildman–Crippen LogP) is 3.09. The highest BCUT2D eigenvalue weighted by molar-refractivity contribution is 6.30. The second-order valence-electron chi connectivity index (χ2n) is 3.95. The summed E-state index contributed by atoms with van der Waals surface area (Å²) < 4.78 is 0. The van der Waals surface area contributed by atoms with Crippen LogP contribution in [-0.2, 0) is 0 Å². The van der Waals surface area contributed by atoms with Gasteiger partial charge in [0.1, 0.15) is 0 Å². The molecule has 0 radical (unpaired) electrons. The van der Waals surface area contributed by atoms with Crippen molar-refractivity contribution >= 4 is 35.2 Å². The number of carbonyl (C=O) groups excluding carboxylic acids is 1. The highest BCUT2D eigenvalue weighted by atomic mass is 35.5. The summed E-state index contributed by atoms with van der Waals surface area (Å²) in [6.07, 6.45) is 1.52. The molecule has 0 fully saturated rings. The number of hydrogen-bond donors (Lipinski definition) is 3. The van der Waals surface area contributed by atoms with E-state index >= 15 is 0 Å². The lowest BCUT2D eigenvalue weighted by Gasteiger charge is -2.09. The second-order valence-corrected chi connectivity index (χ2v) is 4.39. The SMILES string of the molecule is NC(=O)NN=Cc1ccccc1Nc1ccc(Cl)cc1. The number of urea groups is 1. The minimum atomic E-state index is -0.704. The Morgan fingerprint density at radius 2 is 1.85 bits per heavy atom. The molecule has 0 spiro atoms. The fourth-order valence-electron chi connectivity index (χ4n) is 1.58. The molecule has 0 saturated carbocycles. The van der Waals surface area contributed by atoms with Crippen LogP contribution in [0.1, 0.15) is 5.56 Å². The Hall–Kier alpha value is -2.53. The summed E-state index contributed by atoms with van der Waals surface area (Å²) in [5, 5.41) is 7.67. The Balaban J connectivity index is 2.17. The fraction of sp³-hybridized carbons (Fsp3) is 0. The number of anilines is 2. The smallest absolute Gasteiger partial charge is 0.332 e. The molecule has 0 unspecified atom stereocenters. The third-order valence-corrected chi connectivity index (χ3v) is 2.71. The van der Waals surface area contributed by atoms with Crippen LogP contribution in [0, 0.1) is 0 Å². The molecule has 0 saturated heterocycles. The lowest BCUT2D eigenvalue weighted by atomic mass is 10.2. The van der Waals surface area contributed by atoms with Crippen LogP contribution in [0.4, 0.5) is 16.2 Å². The van der Waals surface area contributed by atoms with Gasteiger partial charge in [-0.15, -0.1) is 0 Å². The number of rotatable bonds is 4. The van der Waals surface area contributed by atoms with Crippen molar-refractivity contribution in [3.8, 4) is 0 Å². The van der Waals surface area contributed by atoms with Crippen LogP contribution < -0.4 is 16.5 Å². The van der Waals surface area contributed by atoms with Gasteiger partial charge in [-0.1, -0.05) is 29.8 Å². The summed E-state index contributed by atoms with van der Waals surface area (Å²) in [4.78, 5) is 10.6. The molecule has 2 aromatic rings. The number of carbonyl (C=O) groups is 1. The summed E-state index contributed by atoms with van der Waals surface area (Å²) >= 11 is 5.84. The number of nitrogens with one attached hydrogen (secondary N) is 2. The third kappa shape index (κ3) is 4.00. The number of halogens is 1. The second kappa shape index (κ2) is 6.58. The normalized spacial score (nSPS) is 10.4. The Bertz CT molecular complexity index is 625. The molecule has 102 valence electrons. The average molecular weight is 289 g/mol. The van der Waals surface area contributed by atoms with Crippen molar-refractivity contribution in [1.82, 2.24) is 5.43 Å². The molecular weight excluding hydrogens is 276 g/mol. The van der Waals surface area contributed by atoms with Gasteiger partial charge in [0, 0.05) is 22.0 Å². The molecule has 0 aliphatic heterocycles. The van der Waals surface area contributed by atoms with Crippen molar-refractivity contribution in [3.63, 3.8) is 0 Å². The van der Waals surface area contributed by atoms with E-state index in [1.165, 1.54) is 6.21 Å². The van der Waals surface area contributed by atoms with Crippen LogP contribution in [0.15, 0.2) is 53.6 Å². The van der Waals surface area contributed by atoms with Gasteiger partial charge in [0.05, 0.1) is 6.21 Å². The average Bonchev–Trinajstić information content (AvgIpc) is 2.43. The van der Waals surface area contributed by atoms with Crippen LogP contribution >= 0.6 is 11.6 Å². The Morgan fingerprint density at radius 1 is 1.15 bits per heavy atom. The van der Waals surface area contributed by atoms with Gasteiger partial charge in [0.25, 0.3) is 0 Å². The van der Waals surface area contributed by atoms with E-state index in [4.69, 9.17) is 17.3 Å². The monoisotopic (exact) mass is 288 g/mol. The molecule has 0 atom stereocenters. The number of para-hydroxylation sites is 1. The maximum atomic E-state index is 10.6. The maximum absolute atomic E-state index is 10.6. The number of hydrogen-bond acceptors (Lipinski definition) is 3. The quantitative estimate of drug-likeness (QED) is 0.597. The molecule has 6 heteroatoms. The van der Waals surface area contributed by atoms with E-state index < -0.39 is 6.03 Å². The first-order valence-corrected chi connectivity index (χ1v) is 6.23. The first-order chi connectivity index (χ1) is 9.65. The van der Waals surface area contributed by atoms with Gasteiger partial charge < -0.3 is 11.1 Å². The summed E-state index contributed by atoms with van der Waals surface area (Å²) in [7, 11) is 0. The predicted molar refractivity (Wildman–Crippen MR) is 81.5 cm³/mol. The van der Waals surface area contributed by atoms with Crippen LogP contribution in [0.5, 0.6) is 0 Å². The minimum absolute atomic E-state index is 0.677. The molecule has 5 nitrogen and oxygen atoms in total. The lowest BCUT2D eigenvalue weighted by Crippen LogP contribution is -2.24. The van der Waals surface area contributed by atoms with Gasteiger partial charge in [-0.2, -0.15) is 5.10 Å². The Kier molecular flexibility index (Phi) is 4.57. The van der Waals surface area contributed by atoms with Crippen molar-refractivity contribution in [2.24, 2.45) is 10.8 Å². The summed E-state index contributed by atoms with van der Waals surface area (Å²) in [6.45, 7) is 0. The third-order valence-electron chi connectivity index (χ3n) is 2.46. The molecule has 0 bridgehead atoms. The topological polar surface area (TPSA) is 79.5 Å². The maximum Gasteiger partial charge on any atom is 0.332 e. The lowest BCUT2D eigenvalue weighted by molar-refractivity contribution is 0.249. The van der Waals surface area contributed by atoms with Crippen LogP contribution in [-0.4, -0.2) is 12.2 Å². The van der Waals surface area contributed by atoms with E-state index in [1.54, 1.807) is 12.1 Å². The Labute approximate surface area is 121 Å². The summed E-state index contributed by atoms with van der Waals surface area (Å²) in [5.74, 6) is 0. The first kappa shape index (κ1) is 13.9. The van der Waals surface area contributed by atoms with E-state index in [-0.39, 0.29) is 0 Å². The van der Waals surface area contributed by atoms with E-state index in [1.807, 2.05) is 36.4 Å². The number of hydrazone groups is 1. The zero-order valence-corrected chi connectivity index (χ0v) is 11.3. The zero-order valence-electron chi connectivity index (χ0n) is 10.5. The van der Waals surface area contributed by atoms with Crippen LogP contribution in [0.3, 0.4) is 0 Å². The molecule has 2 rings (SSSR count). The zero-order chi connectivity index (χ0) is 14.4. The summed E-state index contributed by atoms with van der Waals surface area (Å²) in [6, 6.07) is 14.2. The molecular formula is C14H13ClN4O. The van der Waals surface area contributed by atoms with E-state index in [0.29, 0.717) is 5.02 Å². The van der Waals surface area contributed by atoms with E-state index in [9.17, 15) is 4.79 Å². The van der Waals surface area contributed by atoms with Crippen molar-refractivity contribution in [2.45, 2.75) is 0 Å².